The van der Waals surface area contributed by atoms with Crippen molar-refractivity contribution in [3.8, 4) is 0 Å². The van der Waals surface area contributed by atoms with E-state index in [9.17, 15) is 4.39 Å². The van der Waals surface area contributed by atoms with Crippen LogP contribution in [0.4, 0.5) is 16.3 Å². The van der Waals surface area contributed by atoms with Crippen LogP contribution in [0.5, 0.6) is 0 Å². The molecule has 0 aliphatic carbocycles. The van der Waals surface area contributed by atoms with Crippen molar-refractivity contribution in [2.45, 2.75) is 24.5 Å². The molecule has 0 radical (unpaired) electrons. The lowest BCUT2D eigenvalue weighted by Gasteiger charge is -2.23. The molecule has 0 saturated carbocycles. The highest BCUT2D eigenvalue weighted by molar-refractivity contribution is 5.34. The van der Waals surface area contributed by atoms with Crippen molar-refractivity contribution in [1.29, 1.82) is 0 Å². The summed E-state index contributed by atoms with van der Waals surface area (Å²) >= 11 is 0. The fourth-order valence-corrected chi connectivity index (χ4v) is 3.26. The van der Waals surface area contributed by atoms with E-state index < -0.39 is 5.82 Å². The molecule has 0 aromatic carbocycles. The molecule has 2 aromatic heterocycles. The van der Waals surface area contributed by atoms with E-state index in [-0.39, 0.29) is 11.6 Å². The van der Waals surface area contributed by atoms with Crippen LogP contribution in [0.2, 0.25) is 0 Å². The Morgan fingerprint density at radius 3 is 2.78 bits per heavy atom. The maximum absolute atomic E-state index is 12.9. The number of ether oxygens (including phenoxy) is 1. The number of halogens is 1. The van der Waals surface area contributed by atoms with Crippen LogP contribution in [0, 0.1) is 5.82 Å². The van der Waals surface area contributed by atoms with Crippen LogP contribution < -0.4 is 10.2 Å². The second kappa shape index (κ2) is 5.69. The topological polar surface area (TPSA) is 76.1 Å². The van der Waals surface area contributed by atoms with Gasteiger partial charge in [0.15, 0.2) is 5.82 Å². The number of anilines is 2. The van der Waals surface area contributed by atoms with E-state index in [2.05, 4.69) is 25.3 Å². The predicted molar refractivity (Wildman–Crippen MR) is 81.6 cm³/mol. The van der Waals surface area contributed by atoms with Gasteiger partial charge in [-0.2, -0.15) is 0 Å². The molecule has 7 nitrogen and oxygen atoms in total. The summed E-state index contributed by atoms with van der Waals surface area (Å²) in [7, 11) is 0. The number of hydrogen-bond acceptors (Lipinski definition) is 7. The Morgan fingerprint density at radius 1 is 1.22 bits per heavy atom. The van der Waals surface area contributed by atoms with Gasteiger partial charge in [-0.1, -0.05) is 0 Å². The van der Waals surface area contributed by atoms with Crippen molar-refractivity contribution in [1.82, 2.24) is 19.9 Å². The first-order valence-corrected chi connectivity index (χ1v) is 7.62. The van der Waals surface area contributed by atoms with Crippen LogP contribution in [0.15, 0.2) is 30.9 Å². The molecular weight excluding hydrogens is 299 g/mol. The quantitative estimate of drug-likeness (QED) is 0.913. The summed E-state index contributed by atoms with van der Waals surface area (Å²) in [4.78, 5) is 18.5. The first kappa shape index (κ1) is 14.3. The minimum absolute atomic E-state index is 0.187. The SMILES string of the molecule is Fc1cnc(N2CC[C@@]3(C[C@H](Nc4ncccn4)CO3)C2)nc1. The highest BCUT2D eigenvalue weighted by Gasteiger charge is 2.46. The smallest absolute Gasteiger partial charge is 0.225 e. The van der Waals surface area contributed by atoms with Crippen molar-refractivity contribution < 1.29 is 9.13 Å². The molecule has 2 aromatic rings. The van der Waals surface area contributed by atoms with E-state index in [4.69, 9.17) is 4.74 Å². The van der Waals surface area contributed by atoms with Gasteiger partial charge >= 0.3 is 0 Å². The Balaban J connectivity index is 1.40. The highest BCUT2D eigenvalue weighted by atomic mass is 19.1. The van der Waals surface area contributed by atoms with E-state index in [1.165, 1.54) is 12.4 Å². The fraction of sp³-hybridized carbons (Fsp3) is 0.467. The fourth-order valence-electron chi connectivity index (χ4n) is 3.26. The molecular formula is C15H17FN6O. The van der Waals surface area contributed by atoms with E-state index in [0.29, 0.717) is 25.0 Å². The molecule has 1 spiro atoms. The lowest BCUT2D eigenvalue weighted by Crippen LogP contribution is -2.34. The Kier molecular flexibility index (Phi) is 3.53. The zero-order valence-electron chi connectivity index (χ0n) is 12.5. The van der Waals surface area contributed by atoms with E-state index >= 15 is 0 Å². The van der Waals surface area contributed by atoms with Crippen molar-refractivity contribution in [2.75, 3.05) is 29.9 Å². The maximum Gasteiger partial charge on any atom is 0.225 e. The molecule has 0 amide bonds. The van der Waals surface area contributed by atoms with Crippen LogP contribution in [-0.2, 0) is 4.74 Å². The van der Waals surface area contributed by atoms with E-state index in [1.807, 2.05) is 4.90 Å². The summed E-state index contributed by atoms with van der Waals surface area (Å²) in [6.45, 7) is 2.14. The van der Waals surface area contributed by atoms with Gasteiger partial charge in [-0.15, -0.1) is 0 Å². The van der Waals surface area contributed by atoms with Gasteiger partial charge in [0.1, 0.15) is 0 Å². The number of nitrogens with one attached hydrogen (secondary N) is 1. The maximum atomic E-state index is 12.9. The molecule has 0 unspecified atom stereocenters. The van der Waals surface area contributed by atoms with E-state index in [0.717, 1.165) is 19.4 Å². The Bertz CT molecular complexity index is 669. The Labute approximate surface area is 132 Å². The van der Waals surface area contributed by atoms with Crippen LogP contribution in [0.3, 0.4) is 0 Å². The van der Waals surface area contributed by atoms with Crippen LogP contribution in [-0.4, -0.2) is 51.3 Å². The molecule has 120 valence electrons. The summed E-state index contributed by atoms with van der Waals surface area (Å²) in [5.41, 5.74) is -0.204. The first-order chi connectivity index (χ1) is 11.2. The molecule has 2 fully saturated rings. The second-order valence-corrected chi connectivity index (χ2v) is 5.98. The van der Waals surface area contributed by atoms with Crippen molar-refractivity contribution in [2.24, 2.45) is 0 Å². The molecule has 2 aliphatic heterocycles. The third kappa shape index (κ3) is 2.94. The molecule has 0 bridgehead atoms. The first-order valence-electron chi connectivity index (χ1n) is 7.62. The Hall–Kier alpha value is -2.35. The van der Waals surface area contributed by atoms with Crippen molar-refractivity contribution >= 4 is 11.9 Å². The summed E-state index contributed by atoms with van der Waals surface area (Å²) < 4.78 is 19.0. The second-order valence-electron chi connectivity index (χ2n) is 5.98. The molecule has 8 heteroatoms. The Morgan fingerprint density at radius 2 is 2.00 bits per heavy atom. The van der Waals surface area contributed by atoms with E-state index in [1.54, 1.807) is 18.5 Å². The van der Waals surface area contributed by atoms with Crippen molar-refractivity contribution in [3.63, 3.8) is 0 Å². The molecule has 2 atom stereocenters. The summed E-state index contributed by atoms with van der Waals surface area (Å²) in [6, 6.07) is 1.97. The van der Waals surface area contributed by atoms with Gasteiger partial charge in [0.25, 0.3) is 0 Å². The van der Waals surface area contributed by atoms with Gasteiger partial charge in [0, 0.05) is 25.4 Å². The molecule has 4 heterocycles. The summed E-state index contributed by atoms with van der Waals surface area (Å²) in [6.07, 6.45) is 7.60. The van der Waals surface area contributed by atoms with Gasteiger partial charge in [-0.3, -0.25) is 0 Å². The van der Waals surface area contributed by atoms with Crippen LogP contribution in [0.25, 0.3) is 0 Å². The monoisotopic (exact) mass is 316 g/mol. The largest absolute Gasteiger partial charge is 0.371 e. The molecule has 23 heavy (non-hydrogen) atoms. The van der Waals surface area contributed by atoms with Crippen molar-refractivity contribution in [3.05, 3.63) is 36.7 Å². The number of nitrogens with zero attached hydrogens (tertiary/aromatic N) is 5. The van der Waals surface area contributed by atoms with Gasteiger partial charge in [0.2, 0.25) is 11.9 Å². The van der Waals surface area contributed by atoms with Gasteiger partial charge in [-0.25, -0.2) is 24.3 Å². The molecule has 1 N–H and O–H groups in total. The normalized spacial score (nSPS) is 26.8. The zero-order chi connectivity index (χ0) is 15.7. The molecule has 2 saturated heterocycles. The van der Waals surface area contributed by atoms with Crippen LogP contribution in [0.1, 0.15) is 12.8 Å². The average molecular weight is 316 g/mol. The average Bonchev–Trinajstić information content (AvgIpc) is 3.16. The summed E-state index contributed by atoms with van der Waals surface area (Å²) in [5, 5.41) is 3.31. The molecule has 2 aliphatic rings. The van der Waals surface area contributed by atoms with Gasteiger partial charge < -0.3 is 15.0 Å². The minimum Gasteiger partial charge on any atom is -0.371 e. The minimum atomic E-state index is -0.424. The number of hydrogen-bond donors (Lipinski definition) is 1. The standard InChI is InChI=1S/C15H17FN6O/c16-11-7-19-14(20-8-11)22-5-2-15(10-22)6-12(9-23-15)21-13-17-3-1-4-18-13/h1,3-4,7-8,12H,2,5-6,9-10H2,(H,17,18,21)/t12-,15+/m0/s1. The van der Waals surface area contributed by atoms with Crippen LogP contribution >= 0.6 is 0 Å². The third-order valence-corrected chi connectivity index (χ3v) is 4.31. The summed E-state index contributed by atoms with van der Waals surface area (Å²) in [5.74, 6) is 0.747. The highest BCUT2D eigenvalue weighted by Crippen LogP contribution is 2.36. The third-order valence-electron chi connectivity index (χ3n) is 4.31. The zero-order valence-corrected chi connectivity index (χ0v) is 12.5. The lowest BCUT2D eigenvalue weighted by molar-refractivity contribution is 0.0228. The molecule has 4 rings (SSSR count). The lowest BCUT2D eigenvalue weighted by atomic mass is 9.97. The van der Waals surface area contributed by atoms with Gasteiger partial charge in [-0.05, 0) is 12.5 Å². The number of rotatable bonds is 3. The predicted octanol–water partition coefficient (Wildman–Crippen LogP) is 1.26. The number of aromatic nitrogens is 4. The van der Waals surface area contributed by atoms with Gasteiger partial charge in [0.05, 0.1) is 37.2 Å².